The number of fused-ring (bicyclic) bond motifs is 1. The molecule has 1 saturated heterocycles. The van der Waals surface area contributed by atoms with Crippen molar-refractivity contribution in [2.75, 3.05) is 40.5 Å². The second-order valence-electron chi connectivity index (χ2n) is 8.89. The molecule has 3 N–H and O–H groups in total. The third-order valence-corrected chi connectivity index (χ3v) is 5.72. The third-order valence-electron chi connectivity index (χ3n) is 5.72. The smallest absolute Gasteiger partial charge is 0.269 e. The fraction of sp³-hybridized carbons (Fsp3) is 0.333. The maximum absolute atomic E-state index is 14.6. The maximum atomic E-state index is 14.6. The molecule has 1 amide bonds. The molecule has 10 nitrogen and oxygen atoms in total. The topological polar surface area (TPSA) is 114 Å². The van der Waals surface area contributed by atoms with Crippen LogP contribution in [0.2, 0.25) is 0 Å². The molecule has 3 aromatic rings. The van der Waals surface area contributed by atoms with E-state index in [9.17, 15) is 9.18 Å². The summed E-state index contributed by atoms with van der Waals surface area (Å²) in [5.41, 5.74) is 0.784. The molecule has 2 aromatic heterocycles. The lowest BCUT2D eigenvalue weighted by Gasteiger charge is -2.34. The van der Waals surface area contributed by atoms with Crippen molar-refractivity contribution in [3.05, 3.63) is 48.4 Å². The number of rotatable bonds is 5. The van der Waals surface area contributed by atoms with Crippen LogP contribution in [0, 0.1) is 5.82 Å². The molecule has 5 rings (SSSR count). The number of morpholine rings is 1. The van der Waals surface area contributed by atoms with Crippen LogP contribution in [0.3, 0.4) is 0 Å². The molecular weight excluding hydrogens is 453 g/mol. The molecule has 0 saturated carbocycles. The number of nitrogens with one attached hydrogen (secondary N) is 3. The van der Waals surface area contributed by atoms with Crippen LogP contribution in [0.5, 0.6) is 5.75 Å². The highest BCUT2D eigenvalue weighted by atomic mass is 19.1. The number of pyridine rings is 1. The number of aromatic nitrogens is 3. The van der Waals surface area contributed by atoms with Crippen molar-refractivity contribution in [3.63, 3.8) is 0 Å². The van der Waals surface area contributed by atoms with E-state index in [0.29, 0.717) is 18.2 Å². The summed E-state index contributed by atoms with van der Waals surface area (Å²) in [6.45, 7) is 7.54. The van der Waals surface area contributed by atoms with E-state index < -0.39 is 11.4 Å². The molecule has 35 heavy (non-hydrogen) atoms. The average Bonchev–Trinajstić information content (AvgIpc) is 2.82. The Morgan fingerprint density at radius 2 is 2.00 bits per heavy atom. The van der Waals surface area contributed by atoms with Crippen molar-refractivity contribution in [2.24, 2.45) is 0 Å². The van der Waals surface area contributed by atoms with Crippen LogP contribution in [-0.4, -0.2) is 52.3 Å². The van der Waals surface area contributed by atoms with Gasteiger partial charge in [0.1, 0.15) is 5.82 Å². The van der Waals surface area contributed by atoms with Crippen LogP contribution < -0.4 is 25.6 Å². The quantitative estimate of drug-likeness (QED) is 0.502. The van der Waals surface area contributed by atoms with E-state index in [2.05, 4.69) is 35.8 Å². The summed E-state index contributed by atoms with van der Waals surface area (Å²) in [6.07, 6.45) is 1.21. The number of carbonyl (C=O) groups excluding carboxylic acids is 1. The van der Waals surface area contributed by atoms with E-state index in [-0.39, 0.29) is 29.6 Å². The van der Waals surface area contributed by atoms with E-state index in [0.717, 1.165) is 30.7 Å². The lowest BCUT2D eigenvalue weighted by atomic mass is 10.1. The zero-order chi connectivity index (χ0) is 24.6. The minimum absolute atomic E-state index is 0.0594. The summed E-state index contributed by atoms with van der Waals surface area (Å²) in [5.74, 6) is 0.170. The number of carbonyl (C=O) groups is 1. The van der Waals surface area contributed by atoms with Crippen LogP contribution >= 0.6 is 0 Å². The fourth-order valence-corrected chi connectivity index (χ4v) is 3.92. The number of benzene rings is 1. The number of para-hydroxylation sites is 2. The van der Waals surface area contributed by atoms with E-state index in [4.69, 9.17) is 9.47 Å². The van der Waals surface area contributed by atoms with Gasteiger partial charge in [0, 0.05) is 13.1 Å². The Hall–Kier alpha value is -3.99. The number of hydrogen-bond acceptors (Lipinski definition) is 9. The normalized spacial score (nSPS) is 18.8. The Morgan fingerprint density at radius 3 is 2.83 bits per heavy atom. The van der Waals surface area contributed by atoms with Gasteiger partial charge >= 0.3 is 0 Å². The molecule has 1 fully saturated rings. The highest BCUT2D eigenvalue weighted by Gasteiger charge is 2.36. The molecule has 0 aliphatic carbocycles. The summed E-state index contributed by atoms with van der Waals surface area (Å²) in [6, 6.07) is 11.1. The molecule has 2 aliphatic rings. The molecule has 1 aromatic carbocycles. The molecule has 1 atom stereocenters. The SMILES string of the molecule is C[C@H]1CN(c2ccccc2Nc2ncc(F)c(Nc3ccc4c(n3)NC(=O)C(C)(C)O4)n2)CCO1. The van der Waals surface area contributed by atoms with Crippen LogP contribution in [0.25, 0.3) is 0 Å². The first-order chi connectivity index (χ1) is 16.8. The number of hydrogen-bond donors (Lipinski definition) is 3. The van der Waals surface area contributed by atoms with Crippen molar-refractivity contribution in [1.82, 2.24) is 15.0 Å². The van der Waals surface area contributed by atoms with Crippen LogP contribution in [0.15, 0.2) is 42.6 Å². The summed E-state index contributed by atoms with van der Waals surface area (Å²) in [4.78, 5) is 27.1. The van der Waals surface area contributed by atoms with Crippen LogP contribution in [0.1, 0.15) is 20.8 Å². The zero-order valence-electron chi connectivity index (χ0n) is 19.6. The van der Waals surface area contributed by atoms with Crippen LogP contribution in [0.4, 0.5) is 39.2 Å². The average molecular weight is 480 g/mol. The predicted molar refractivity (Wildman–Crippen MR) is 130 cm³/mol. The van der Waals surface area contributed by atoms with Crippen molar-refractivity contribution in [1.29, 1.82) is 0 Å². The lowest BCUT2D eigenvalue weighted by Crippen LogP contribution is -2.46. The Kier molecular flexibility index (Phi) is 5.85. The predicted octanol–water partition coefficient (Wildman–Crippen LogP) is 3.83. The summed E-state index contributed by atoms with van der Waals surface area (Å²) in [5, 5.41) is 8.76. The molecule has 0 unspecified atom stereocenters. The minimum Gasteiger partial charge on any atom is -0.474 e. The van der Waals surface area contributed by atoms with Gasteiger partial charge in [-0.25, -0.2) is 14.4 Å². The summed E-state index contributed by atoms with van der Waals surface area (Å²) in [7, 11) is 0. The van der Waals surface area contributed by atoms with Gasteiger partial charge in [-0.3, -0.25) is 4.79 Å². The van der Waals surface area contributed by atoms with E-state index >= 15 is 0 Å². The minimum atomic E-state index is -1.00. The van der Waals surface area contributed by atoms with Gasteiger partial charge in [-0.2, -0.15) is 4.98 Å². The fourth-order valence-electron chi connectivity index (χ4n) is 3.92. The monoisotopic (exact) mass is 479 g/mol. The number of nitrogens with zero attached hydrogens (tertiary/aromatic N) is 4. The van der Waals surface area contributed by atoms with Gasteiger partial charge in [0.05, 0.1) is 30.3 Å². The first kappa shape index (κ1) is 22.8. The first-order valence-electron chi connectivity index (χ1n) is 11.3. The lowest BCUT2D eigenvalue weighted by molar-refractivity contribution is -0.129. The van der Waals surface area contributed by atoms with Crippen LogP contribution in [-0.2, 0) is 9.53 Å². The molecule has 0 bridgehead atoms. The van der Waals surface area contributed by atoms with Gasteiger partial charge in [-0.15, -0.1) is 0 Å². The van der Waals surface area contributed by atoms with Crippen molar-refractivity contribution >= 4 is 40.7 Å². The van der Waals surface area contributed by atoms with Gasteiger partial charge in [0.15, 0.2) is 28.8 Å². The second-order valence-corrected chi connectivity index (χ2v) is 8.89. The standard InChI is InChI=1S/C24H26FN7O3/c1-14-13-32(10-11-34-14)17-7-5-4-6-16(17)27-23-26-12-15(25)20(31-23)28-19-9-8-18-21(29-19)30-22(33)24(2,3)35-18/h4-9,12,14H,10-11,13H2,1-3H3,(H3,26,27,28,29,30,31,33)/t14-/m0/s1. The Bertz CT molecular complexity index is 1270. The maximum Gasteiger partial charge on any atom is 0.269 e. The van der Waals surface area contributed by atoms with Gasteiger partial charge in [0.2, 0.25) is 5.95 Å². The van der Waals surface area contributed by atoms with Gasteiger partial charge in [-0.05, 0) is 45.0 Å². The molecule has 11 heteroatoms. The molecule has 4 heterocycles. The highest BCUT2D eigenvalue weighted by Crippen LogP contribution is 2.34. The summed E-state index contributed by atoms with van der Waals surface area (Å²) >= 11 is 0. The second kappa shape index (κ2) is 8.99. The number of anilines is 6. The number of amides is 1. The van der Waals surface area contributed by atoms with Gasteiger partial charge in [0.25, 0.3) is 5.91 Å². The van der Waals surface area contributed by atoms with E-state index in [1.54, 1.807) is 26.0 Å². The zero-order valence-corrected chi connectivity index (χ0v) is 19.6. The molecule has 2 aliphatic heterocycles. The van der Waals surface area contributed by atoms with E-state index in [1.807, 2.05) is 31.2 Å². The molecule has 0 spiro atoms. The first-order valence-corrected chi connectivity index (χ1v) is 11.3. The Labute approximate surface area is 201 Å². The van der Waals surface area contributed by atoms with Crippen molar-refractivity contribution in [2.45, 2.75) is 32.5 Å². The van der Waals surface area contributed by atoms with Gasteiger partial charge in [-0.1, -0.05) is 12.1 Å². The molecule has 0 radical (unpaired) electrons. The van der Waals surface area contributed by atoms with Crippen molar-refractivity contribution in [3.8, 4) is 5.75 Å². The molecular formula is C24H26FN7O3. The third kappa shape index (κ3) is 4.80. The van der Waals surface area contributed by atoms with Gasteiger partial charge < -0.3 is 30.3 Å². The Morgan fingerprint density at radius 1 is 1.17 bits per heavy atom. The Balaban J connectivity index is 1.37. The largest absolute Gasteiger partial charge is 0.474 e. The number of ether oxygens (including phenoxy) is 2. The summed E-state index contributed by atoms with van der Waals surface area (Å²) < 4.78 is 25.9. The van der Waals surface area contributed by atoms with E-state index in [1.165, 1.54) is 0 Å². The highest BCUT2D eigenvalue weighted by molar-refractivity contribution is 5.99. The molecule has 182 valence electrons. The van der Waals surface area contributed by atoms with Crippen molar-refractivity contribution < 1.29 is 18.7 Å². The number of halogens is 1.